The fourth-order valence-electron chi connectivity index (χ4n) is 3.95. The highest BCUT2D eigenvalue weighted by atomic mass is 19.1. The molecule has 3 aromatic rings. The molecule has 4 amide bonds. The number of nitrogens with zero attached hydrogens (tertiary/aromatic N) is 2. The maximum Gasteiger partial charge on any atom is 0.338 e. The molecule has 1 fully saturated rings. The van der Waals surface area contributed by atoms with Crippen LogP contribution in [0, 0.1) is 11.6 Å². The van der Waals surface area contributed by atoms with Gasteiger partial charge in [-0.3, -0.25) is 9.59 Å². The fraction of sp³-hybridized carbons (Fsp3) is 0.185. The number of nitrogens with one attached hydrogen (secondary N) is 1. The number of hydrogen-bond acceptors (Lipinski definition) is 5. The van der Waals surface area contributed by atoms with Crippen LogP contribution in [0.25, 0.3) is 0 Å². The number of carbonyl (C=O) groups excluding carboxylic acids is 4. The number of halogens is 2. The first-order valence-corrected chi connectivity index (χ1v) is 11.5. The second kappa shape index (κ2) is 11.0. The summed E-state index contributed by atoms with van der Waals surface area (Å²) >= 11 is 0. The van der Waals surface area contributed by atoms with Gasteiger partial charge in [-0.15, -0.1) is 0 Å². The standard InChI is InChI=1S/C27H23F2N3O5/c1-2-37-26(35)18-4-3-5-21(14-18)30-24(33)15-23-25(34)32(22-12-10-20(29)11-13-22)27(36)31(23)16-17-6-8-19(28)9-7-17/h3-14,23H,2,15-16H2,1H3,(H,30,33). The van der Waals surface area contributed by atoms with Gasteiger partial charge in [-0.2, -0.15) is 0 Å². The van der Waals surface area contributed by atoms with E-state index < -0.39 is 41.5 Å². The van der Waals surface area contributed by atoms with E-state index in [1.807, 2.05) is 0 Å². The van der Waals surface area contributed by atoms with E-state index in [-0.39, 0.29) is 30.8 Å². The third-order valence-electron chi connectivity index (χ3n) is 5.71. The van der Waals surface area contributed by atoms with Gasteiger partial charge in [-0.25, -0.2) is 23.3 Å². The number of benzene rings is 3. The van der Waals surface area contributed by atoms with Gasteiger partial charge in [0.15, 0.2) is 0 Å². The van der Waals surface area contributed by atoms with E-state index in [4.69, 9.17) is 4.74 Å². The number of urea groups is 1. The zero-order valence-corrected chi connectivity index (χ0v) is 19.8. The van der Waals surface area contributed by atoms with Crippen molar-refractivity contribution in [3.05, 3.63) is 95.6 Å². The molecule has 1 N–H and O–H groups in total. The number of imide groups is 1. The summed E-state index contributed by atoms with van der Waals surface area (Å²) in [6, 6.07) is 14.5. The summed E-state index contributed by atoms with van der Waals surface area (Å²) in [7, 11) is 0. The average Bonchev–Trinajstić information content (AvgIpc) is 3.10. The molecule has 1 aliphatic rings. The van der Waals surface area contributed by atoms with Crippen molar-refractivity contribution in [2.45, 2.75) is 25.9 Å². The topological polar surface area (TPSA) is 96.0 Å². The fourth-order valence-corrected chi connectivity index (χ4v) is 3.95. The molecule has 1 unspecified atom stereocenters. The van der Waals surface area contributed by atoms with E-state index in [2.05, 4.69) is 5.32 Å². The van der Waals surface area contributed by atoms with E-state index in [1.165, 1.54) is 53.4 Å². The van der Waals surface area contributed by atoms with Crippen molar-refractivity contribution in [2.24, 2.45) is 0 Å². The van der Waals surface area contributed by atoms with Crippen molar-refractivity contribution >= 4 is 35.2 Å². The van der Waals surface area contributed by atoms with Crippen LogP contribution in [-0.4, -0.2) is 41.4 Å². The molecule has 0 spiro atoms. The molecule has 1 heterocycles. The first kappa shape index (κ1) is 25.5. The van der Waals surface area contributed by atoms with Crippen LogP contribution in [0.15, 0.2) is 72.8 Å². The van der Waals surface area contributed by atoms with Crippen LogP contribution in [0.1, 0.15) is 29.3 Å². The summed E-state index contributed by atoms with van der Waals surface area (Å²) < 4.78 is 31.8. The summed E-state index contributed by atoms with van der Waals surface area (Å²) in [6.07, 6.45) is -0.382. The molecule has 1 saturated heterocycles. The van der Waals surface area contributed by atoms with E-state index in [0.717, 1.165) is 17.0 Å². The third-order valence-corrected chi connectivity index (χ3v) is 5.71. The Hall–Kier alpha value is -4.60. The first-order chi connectivity index (χ1) is 17.8. The first-order valence-electron chi connectivity index (χ1n) is 11.5. The number of rotatable bonds is 8. The minimum Gasteiger partial charge on any atom is -0.462 e. The lowest BCUT2D eigenvalue weighted by atomic mass is 10.1. The number of anilines is 2. The lowest BCUT2D eigenvalue weighted by molar-refractivity contribution is -0.124. The summed E-state index contributed by atoms with van der Waals surface area (Å²) in [5, 5.41) is 2.64. The molecule has 0 saturated carbocycles. The average molecular weight is 507 g/mol. The van der Waals surface area contributed by atoms with E-state index in [0.29, 0.717) is 11.3 Å². The molecule has 190 valence electrons. The number of hydrogen-bond donors (Lipinski definition) is 1. The Labute approximate surface area is 211 Å². The van der Waals surface area contributed by atoms with Crippen molar-refractivity contribution in [3.8, 4) is 0 Å². The molecule has 0 aliphatic carbocycles. The van der Waals surface area contributed by atoms with Crippen molar-refractivity contribution < 1.29 is 32.7 Å². The van der Waals surface area contributed by atoms with Crippen molar-refractivity contribution in [1.82, 2.24) is 4.90 Å². The molecule has 0 radical (unpaired) electrons. The second-order valence-corrected chi connectivity index (χ2v) is 8.26. The maximum absolute atomic E-state index is 13.4. The lowest BCUT2D eigenvalue weighted by Gasteiger charge is -2.21. The summed E-state index contributed by atoms with van der Waals surface area (Å²) in [4.78, 5) is 53.6. The summed E-state index contributed by atoms with van der Waals surface area (Å²) in [5.41, 5.74) is 1.27. The van der Waals surface area contributed by atoms with Gasteiger partial charge in [0.1, 0.15) is 17.7 Å². The minimum atomic E-state index is -1.17. The van der Waals surface area contributed by atoms with Gasteiger partial charge in [-0.1, -0.05) is 18.2 Å². The number of esters is 1. The highest BCUT2D eigenvalue weighted by Crippen LogP contribution is 2.29. The van der Waals surface area contributed by atoms with Crippen LogP contribution in [0.2, 0.25) is 0 Å². The SMILES string of the molecule is CCOC(=O)c1cccc(NC(=O)CC2C(=O)N(c3ccc(F)cc3)C(=O)N2Cc2ccc(F)cc2)c1. The smallest absolute Gasteiger partial charge is 0.338 e. The maximum atomic E-state index is 13.4. The van der Waals surface area contributed by atoms with Crippen LogP contribution in [-0.2, 0) is 20.9 Å². The van der Waals surface area contributed by atoms with Crippen molar-refractivity contribution in [1.29, 1.82) is 0 Å². The molecule has 3 aromatic carbocycles. The van der Waals surface area contributed by atoms with Gasteiger partial charge in [-0.05, 0) is 67.1 Å². The predicted octanol–water partition coefficient (Wildman–Crippen LogP) is 4.51. The Morgan fingerprint density at radius 3 is 2.24 bits per heavy atom. The van der Waals surface area contributed by atoms with Gasteiger partial charge in [0.25, 0.3) is 5.91 Å². The van der Waals surface area contributed by atoms with Crippen LogP contribution in [0.5, 0.6) is 0 Å². The molecule has 1 aliphatic heterocycles. The van der Waals surface area contributed by atoms with Gasteiger partial charge in [0.2, 0.25) is 5.91 Å². The van der Waals surface area contributed by atoms with Gasteiger partial charge in [0, 0.05) is 12.2 Å². The second-order valence-electron chi connectivity index (χ2n) is 8.26. The normalized spacial score (nSPS) is 15.2. The molecule has 0 bridgehead atoms. The van der Waals surface area contributed by atoms with Crippen molar-refractivity contribution in [3.63, 3.8) is 0 Å². The molecule has 4 rings (SSSR count). The Balaban J connectivity index is 1.57. The van der Waals surface area contributed by atoms with Gasteiger partial charge in [0.05, 0.1) is 24.3 Å². The molecule has 37 heavy (non-hydrogen) atoms. The lowest BCUT2D eigenvalue weighted by Crippen LogP contribution is -2.37. The van der Waals surface area contributed by atoms with Gasteiger partial charge < -0.3 is 15.0 Å². The molecular formula is C27H23F2N3O5. The predicted molar refractivity (Wildman–Crippen MR) is 131 cm³/mol. The Morgan fingerprint density at radius 1 is 0.946 bits per heavy atom. The highest BCUT2D eigenvalue weighted by molar-refractivity contribution is 6.22. The number of carbonyl (C=O) groups is 4. The van der Waals surface area contributed by atoms with E-state index in [9.17, 15) is 28.0 Å². The third kappa shape index (κ3) is 5.80. The van der Waals surface area contributed by atoms with Crippen LogP contribution in [0.4, 0.5) is 25.0 Å². The molecule has 8 nitrogen and oxygen atoms in total. The minimum absolute atomic E-state index is 0.0567. The zero-order chi connectivity index (χ0) is 26.5. The largest absolute Gasteiger partial charge is 0.462 e. The van der Waals surface area contributed by atoms with Gasteiger partial charge >= 0.3 is 12.0 Å². The quantitative estimate of drug-likeness (QED) is 0.358. The highest BCUT2D eigenvalue weighted by Gasteiger charge is 2.46. The van der Waals surface area contributed by atoms with E-state index >= 15 is 0 Å². The molecular weight excluding hydrogens is 484 g/mol. The Bertz CT molecular complexity index is 1330. The zero-order valence-electron chi connectivity index (χ0n) is 19.8. The summed E-state index contributed by atoms with van der Waals surface area (Å²) in [6.45, 7) is 1.82. The number of ether oxygens (including phenoxy) is 1. The molecule has 1 atom stereocenters. The van der Waals surface area contributed by atoms with Crippen LogP contribution >= 0.6 is 0 Å². The molecule has 10 heteroatoms. The Morgan fingerprint density at radius 2 is 1.59 bits per heavy atom. The van der Waals surface area contributed by atoms with Crippen LogP contribution < -0.4 is 10.2 Å². The summed E-state index contributed by atoms with van der Waals surface area (Å²) in [5.74, 6) is -2.77. The molecule has 0 aromatic heterocycles. The van der Waals surface area contributed by atoms with Crippen LogP contribution in [0.3, 0.4) is 0 Å². The van der Waals surface area contributed by atoms with Crippen molar-refractivity contribution in [2.75, 3.05) is 16.8 Å². The van der Waals surface area contributed by atoms with E-state index in [1.54, 1.807) is 19.1 Å². The number of amides is 4. The Kier molecular flexibility index (Phi) is 7.57. The monoisotopic (exact) mass is 507 g/mol.